The summed E-state index contributed by atoms with van der Waals surface area (Å²) in [5.41, 5.74) is 1.01. The van der Waals surface area contributed by atoms with Gasteiger partial charge in [0.25, 0.3) is 0 Å². The number of halogens is 1. The lowest BCUT2D eigenvalue weighted by atomic mass is 9.96. The molecule has 1 aromatic carbocycles. The third-order valence-corrected chi connectivity index (χ3v) is 2.71. The van der Waals surface area contributed by atoms with Crippen LogP contribution in [0.1, 0.15) is 12.5 Å². The molecule has 2 atom stereocenters. The van der Waals surface area contributed by atoms with E-state index in [1.54, 1.807) is 0 Å². The SMILES string of the molecule is CC(Cc1ccccc1Cl)C(O)CO. The van der Waals surface area contributed by atoms with E-state index in [1.165, 1.54) is 0 Å². The zero-order valence-electron chi connectivity index (χ0n) is 8.15. The number of benzene rings is 1. The zero-order chi connectivity index (χ0) is 10.6. The predicted molar refractivity (Wildman–Crippen MR) is 57.4 cm³/mol. The molecule has 0 fully saturated rings. The molecule has 0 aliphatic rings. The first-order chi connectivity index (χ1) is 6.65. The third-order valence-electron chi connectivity index (χ3n) is 2.34. The molecule has 3 heteroatoms. The third kappa shape index (κ3) is 2.98. The van der Waals surface area contributed by atoms with Crippen LogP contribution < -0.4 is 0 Å². The van der Waals surface area contributed by atoms with E-state index in [4.69, 9.17) is 16.7 Å². The minimum Gasteiger partial charge on any atom is -0.394 e. The first-order valence-electron chi connectivity index (χ1n) is 4.67. The van der Waals surface area contributed by atoms with Crippen LogP contribution in [-0.4, -0.2) is 22.9 Å². The Hall–Kier alpha value is -0.570. The fourth-order valence-electron chi connectivity index (χ4n) is 1.33. The molecule has 2 unspecified atom stereocenters. The lowest BCUT2D eigenvalue weighted by Gasteiger charge is -2.16. The molecule has 1 aromatic rings. The van der Waals surface area contributed by atoms with Crippen molar-refractivity contribution in [2.75, 3.05) is 6.61 Å². The largest absolute Gasteiger partial charge is 0.394 e. The molecule has 0 bridgehead atoms. The molecule has 0 saturated carbocycles. The Bertz CT molecular complexity index is 288. The molecule has 0 aliphatic carbocycles. The highest BCUT2D eigenvalue weighted by atomic mass is 35.5. The topological polar surface area (TPSA) is 40.5 Å². The van der Waals surface area contributed by atoms with Gasteiger partial charge < -0.3 is 10.2 Å². The summed E-state index contributed by atoms with van der Waals surface area (Å²) >= 11 is 5.97. The quantitative estimate of drug-likeness (QED) is 0.804. The molecule has 0 aliphatic heterocycles. The summed E-state index contributed by atoms with van der Waals surface area (Å²) in [7, 11) is 0. The summed E-state index contributed by atoms with van der Waals surface area (Å²) in [4.78, 5) is 0. The fraction of sp³-hybridized carbons (Fsp3) is 0.455. The van der Waals surface area contributed by atoms with Crippen LogP contribution in [0.2, 0.25) is 5.02 Å². The molecule has 0 heterocycles. The lowest BCUT2D eigenvalue weighted by Crippen LogP contribution is -2.23. The number of rotatable bonds is 4. The number of aliphatic hydroxyl groups excluding tert-OH is 2. The Morgan fingerprint density at radius 1 is 1.36 bits per heavy atom. The normalized spacial score (nSPS) is 15.1. The molecule has 0 aromatic heterocycles. The van der Waals surface area contributed by atoms with Crippen LogP contribution in [0.25, 0.3) is 0 Å². The van der Waals surface area contributed by atoms with Gasteiger partial charge in [-0.1, -0.05) is 36.7 Å². The molecular formula is C11H15ClO2. The van der Waals surface area contributed by atoms with E-state index in [0.717, 1.165) is 5.56 Å². The minimum atomic E-state index is -0.675. The Morgan fingerprint density at radius 2 is 2.00 bits per heavy atom. The number of hydrogen-bond acceptors (Lipinski definition) is 2. The Morgan fingerprint density at radius 3 is 2.57 bits per heavy atom. The van der Waals surface area contributed by atoms with E-state index in [9.17, 15) is 5.11 Å². The van der Waals surface area contributed by atoms with Crippen LogP contribution in [0.3, 0.4) is 0 Å². The monoisotopic (exact) mass is 214 g/mol. The van der Waals surface area contributed by atoms with Crippen LogP contribution in [0.4, 0.5) is 0 Å². The average molecular weight is 215 g/mol. The first-order valence-corrected chi connectivity index (χ1v) is 5.05. The average Bonchev–Trinajstić information content (AvgIpc) is 2.20. The first kappa shape index (κ1) is 11.5. The molecule has 0 radical (unpaired) electrons. The van der Waals surface area contributed by atoms with Crippen molar-refractivity contribution in [1.82, 2.24) is 0 Å². The van der Waals surface area contributed by atoms with Gasteiger partial charge in [0.1, 0.15) is 0 Å². The second-order valence-electron chi connectivity index (χ2n) is 3.52. The minimum absolute atomic E-state index is 0.0138. The molecule has 0 amide bonds. The van der Waals surface area contributed by atoms with Crippen LogP contribution in [-0.2, 0) is 6.42 Å². The van der Waals surface area contributed by atoms with Crippen molar-refractivity contribution in [2.45, 2.75) is 19.4 Å². The summed E-state index contributed by atoms with van der Waals surface area (Å²) in [5.74, 6) is 0.0138. The molecule has 0 saturated heterocycles. The summed E-state index contributed by atoms with van der Waals surface area (Å²) in [6, 6.07) is 7.55. The van der Waals surface area contributed by atoms with Gasteiger partial charge in [0.15, 0.2) is 0 Å². The highest BCUT2D eigenvalue weighted by Gasteiger charge is 2.14. The van der Waals surface area contributed by atoms with Crippen molar-refractivity contribution in [3.05, 3.63) is 34.9 Å². The van der Waals surface area contributed by atoms with Crippen molar-refractivity contribution < 1.29 is 10.2 Å². The summed E-state index contributed by atoms with van der Waals surface area (Å²) < 4.78 is 0. The van der Waals surface area contributed by atoms with Crippen LogP contribution in [0, 0.1) is 5.92 Å². The predicted octanol–water partition coefficient (Wildman–Crippen LogP) is 1.87. The Kier molecular flexibility index (Phi) is 4.39. The smallest absolute Gasteiger partial charge is 0.0799 e. The van der Waals surface area contributed by atoms with Crippen molar-refractivity contribution in [3.8, 4) is 0 Å². The highest BCUT2D eigenvalue weighted by molar-refractivity contribution is 6.31. The maximum Gasteiger partial charge on any atom is 0.0799 e. The molecule has 2 nitrogen and oxygen atoms in total. The summed E-state index contributed by atoms with van der Waals surface area (Å²) in [5, 5.41) is 18.9. The van der Waals surface area contributed by atoms with Gasteiger partial charge in [-0.25, -0.2) is 0 Å². The van der Waals surface area contributed by atoms with Gasteiger partial charge in [-0.05, 0) is 24.0 Å². The van der Waals surface area contributed by atoms with Crippen LogP contribution >= 0.6 is 11.6 Å². The van der Waals surface area contributed by atoms with Crippen LogP contribution in [0.15, 0.2) is 24.3 Å². The molecule has 2 N–H and O–H groups in total. The number of aliphatic hydroxyl groups is 2. The van der Waals surface area contributed by atoms with Gasteiger partial charge in [0, 0.05) is 5.02 Å². The Balaban J connectivity index is 2.64. The van der Waals surface area contributed by atoms with Gasteiger partial charge >= 0.3 is 0 Å². The van der Waals surface area contributed by atoms with E-state index in [0.29, 0.717) is 11.4 Å². The van der Waals surface area contributed by atoms with Gasteiger partial charge in [0.2, 0.25) is 0 Å². The van der Waals surface area contributed by atoms with E-state index in [2.05, 4.69) is 0 Å². The fourth-order valence-corrected chi connectivity index (χ4v) is 1.54. The zero-order valence-corrected chi connectivity index (χ0v) is 8.91. The molecule has 1 rings (SSSR count). The van der Waals surface area contributed by atoms with Gasteiger partial charge in [-0.2, -0.15) is 0 Å². The standard InChI is InChI=1S/C11H15ClO2/c1-8(11(14)7-13)6-9-4-2-3-5-10(9)12/h2-5,8,11,13-14H,6-7H2,1H3. The van der Waals surface area contributed by atoms with Crippen molar-refractivity contribution in [2.24, 2.45) is 5.92 Å². The maximum atomic E-state index is 9.39. The number of hydrogen-bond donors (Lipinski definition) is 2. The van der Waals surface area contributed by atoms with Crippen LogP contribution in [0.5, 0.6) is 0 Å². The van der Waals surface area contributed by atoms with E-state index in [1.807, 2.05) is 31.2 Å². The molecule has 78 valence electrons. The van der Waals surface area contributed by atoms with Crippen molar-refractivity contribution >= 4 is 11.6 Å². The van der Waals surface area contributed by atoms with Crippen molar-refractivity contribution in [3.63, 3.8) is 0 Å². The second kappa shape index (κ2) is 5.35. The Labute approximate surface area is 89.1 Å². The molecule has 0 spiro atoms. The van der Waals surface area contributed by atoms with Gasteiger partial charge in [-0.3, -0.25) is 0 Å². The molecule has 14 heavy (non-hydrogen) atoms. The maximum absolute atomic E-state index is 9.39. The molecular weight excluding hydrogens is 200 g/mol. The second-order valence-corrected chi connectivity index (χ2v) is 3.93. The van der Waals surface area contributed by atoms with E-state index < -0.39 is 6.10 Å². The van der Waals surface area contributed by atoms with Gasteiger partial charge in [0.05, 0.1) is 12.7 Å². The highest BCUT2D eigenvalue weighted by Crippen LogP contribution is 2.20. The summed E-state index contributed by atoms with van der Waals surface area (Å²) in [6.45, 7) is 1.69. The van der Waals surface area contributed by atoms with E-state index in [-0.39, 0.29) is 12.5 Å². The van der Waals surface area contributed by atoms with Gasteiger partial charge in [-0.15, -0.1) is 0 Å². The lowest BCUT2D eigenvalue weighted by molar-refractivity contribution is 0.0535. The van der Waals surface area contributed by atoms with E-state index >= 15 is 0 Å². The summed E-state index contributed by atoms with van der Waals surface area (Å²) in [6.07, 6.45) is 0.00720. The van der Waals surface area contributed by atoms with Crippen molar-refractivity contribution in [1.29, 1.82) is 0 Å².